The quantitative estimate of drug-likeness (QED) is 0.506. The van der Waals surface area contributed by atoms with E-state index in [4.69, 9.17) is 4.74 Å². The standard InChI is InChI=1S/C6H8O5S/c1-3(7)10-4-2-12-6(11-4)5(8)9/h4,6H,2H2,1H3,(H,8,9)/p-1/t4-,6-/m1/s1. The number of carbonyl (C=O) groups excluding carboxylic acids is 2. The van der Waals surface area contributed by atoms with E-state index in [1.54, 1.807) is 0 Å². The zero-order valence-electron chi connectivity index (χ0n) is 6.31. The Morgan fingerprint density at radius 2 is 2.33 bits per heavy atom. The first-order valence-corrected chi connectivity index (χ1v) is 4.29. The Bertz CT molecular complexity index is 204. The lowest BCUT2D eigenvalue weighted by Crippen LogP contribution is -2.34. The molecule has 0 aromatic heterocycles. The van der Waals surface area contributed by atoms with Crippen LogP contribution in [0.15, 0.2) is 0 Å². The molecule has 0 N–H and O–H groups in total. The average molecular weight is 191 g/mol. The van der Waals surface area contributed by atoms with Crippen molar-refractivity contribution in [3.8, 4) is 0 Å². The van der Waals surface area contributed by atoms with Gasteiger partial charge in [0.25, 0.3) is 0 Å². The highest BCUT2D eigenvalue weighted by Crippen LogP contribution is 2.25. The fraction of sp³-hybridized carbons (Fsp3) is 0.667. The summed E-state index contributed by atoms with van der Waals surface area (Å²) in [6, 6.07) is 0. The van der Waals surface area contributed by atoms with Crippen molar-refractivity contribution in [3.63, 3.8) is 0 Å². The molecule has 0 aliphatic carbocycles. The normalized spacial score (nSPS) is 28.4. The zero-order valence-corrected chi connectivity index (χ0v) is 7.13. The number of thioether (sulfide) groups is 1. The second kappa shape index (κ2) is 3.77. The van der Waals surface area contributed by atoms with E-state index in [2.05, 4.69) is 4.74 Å². The SMILES string of the molecule is CC(=O)O[C@H]1CS[C@H](C(=O)[O-])O1. The van der Waals surface area contributed by atoms with Crippen molar-refractivity contribution in [3.05, 3.63) is 0 Å². The predicted molar refractivity (Wildman–Crippen MR) is 37.9 cm³/mol. The minimum atomic E-state index is -1.30. The van der Waals surface area contributed by atoms with E-state index in [9.17, 15) is 14.7 Å². The van der Waals surface area contributed by atoms with E-state index >= 15 is 0 Å². The van der Waals surface area contributed by atoms with Gasteiger partial charge in [0.2, 0.25) is 6.29 Å². The van der Waals surface area contributed by atoms with Crippen molar-refractivity contribution in [2.24, 2.45) is 0 Å². The van der Waals surface area contributed by atoms with E-state index in [0.29, 0.717) is 5.75 Å². The van der Waals surface area contributed by atoms with Gasteiger partial charge >= 0.3 is 5.97 Å². The van der Waals surface area contributed by atoms with Crippen LogP contribution < -0.4 is 5.11 Å². The third-order valence-electron chi connectivity index (χ3n) is 1.15. The van der Waals surface area contributed by atoms with Gasteiger partial charge < -0.3 is 19.4 Å². The number of hydrogen-bond acceptors (Lipinski definition) is 6. The second-order valence-electron chi connectivity index (χ2n) is 2.16. The number of carboxylic acids is 1. The van der Waals surface area contributed by atoms with Crippen molar-refractivity contribution in [1.29, 1.82) is 0 Å². The van der Waals surface area contributed by atoms with Gasteiger partial charge in [0.15, 0.2) is 0 Å². The maximum Gasteiger partial charge on any atom is 0.304 e. The van der Waals surface area contributed by atoms with Crippen LogP contribution in [0.2, 0.25) is 0 Å². The van der Waals surface area contributed by atoms with Gasteiger partial charge in [-0.15, -0.1) is 11.8 Å². The molecule has 2 atom stereocenters. The molecule has 0 radical (unpaired) electrons. The Balaban J connectivity index is 2.35. The van der Waals surface area contributed by atoms with Crippen molar-refractivity contribution >= 4 is 23.7 Å². The summed E-state index contributed by atoms with van der Waals surface area (Å²) in [6.07, 6.45) is -0.754. The Kier molecular flexibility index (Phi) is 2.93. The Morgan fingerprint density at radius 1 is 1.67 bits per heavy atom. The minimum Gasteiger partial charge on any atom is -0.546 e. The molecule has 0 saturated carbocycles. The summed E-state index contributed by atoms with van der Waals surface area (Å²) in [5.41, 5.74) is -1.02. The Labute approximate surface area is 73.0 Å². The topological polar surface area (TPSA) is 75.7 Å². The first kappa shape index (κ1) is 9.34. The lowest BCUT2D eigenvalue weighted by atomic mass is 10.7. The summed E-state index contributed by atoms with van der Waals surface area (Å²) in [5, 5.41) is 10.2. The van der Waals surface area contributed by atoms with Gasteiger partial charge in [0.1, 0.15) is 5.44 Å². The van der Waals surface area contributed by atoms with Gasteiger partial charge in [0.05, 0.1) is 11.7 Å². The van der Waals surface area contributed by atoms with Crippen molar-refractivity contribution < 1.29 is 24.2 Å². The molecule has 0 unspecified atom stereocenters. The highest BCUT2D eigenvalue weighted by atomic mass is 32.2. The predicted octanol–water partition coefficient (Wildman–Crippen LogP) is -1.29. The first-order chi connectivity index (χ1) is 5.59. The highest BCUT2D eigenvalue weighted by molar-refractivity contribution is 8.00. The number of rotatable bonds is 2. The van der Waals surface area contributed by atoms with Gasteiger partial charge in [-0.25, -0.2) is 0 Å². The van der Waals surface area contributed by atoms with Crippen LogP contribution in [0.5, 0.6) is 0 Å². The second-order valence-corrected chi connectivity index (χ2v) is 3.25. The van der Waals surface area contributed by atoms with Crippen molar-refractivity contribution in [2.75, 3.05) is 5.75 Å². The summed E-state index contributed by atoms with van der Waals surface area (Å²) >= 11 is 1.04. The number of carboxylic acid groups (broad SMARTS) is 1. The monoisotopic (exact) mass is 191 g/mol. The molecule has 0 bridgehead atoms. The third kappa shape index (κ3) is 2.38. The number of hydrogen-bond donors (Lipinski definition) is 0. The molecule has 0 aromatic carbocycles. The molecule has 1 aliphatic rings. The van der Waals surface area contributed by atoms with E-state index in [-0.39, 0.29) is 0 Å². The molecule has 1 rings (SSSR count). The van der Waals surface area contributed by atoms with E-state index in [1.165, 1.54) is 6.92 Å². The number of esters is 1. The van der Waals surface area contributed by atoms with Crippen LogP contribution in [0.3, 0.4) is 0 Å². The fourth-order valence-corrected chi connectivity index (χ4v) is 1.57. The van der Waals surface area contributed by atoms with Crippen LogP contribution >= 0.6 is 11.8 Å². The number of aliphatic carboxylic acids is 1. The van der Waals surface area contributed by atoms with Crippen LogP contribution in [-0.2, 0) is 19.1 Å². The largest absolute Gasteiger partial charge is 0.546 e. The van der Waals surface area contributed by atoms with Crippen molar-refractivity contribution in [1.82, 2.24) is 0 Å². The van der Waals surface area contributed by atoms with Crippen LogP contribution in [0.25, 0.3) is 0 Å². The lowest BCUT2D eigenvalue weighted by molar-refractivity contribution is -0.314. The van der Waals surface area contributed by atoms with Crippen LogP contribution in [0.1, 0.15) is 6.92 Å². The molecule has 0 amide bonds. The minimum absolute atomic E-state index is 0.332. The average Bonchev–Trinajstić information content (AvgIpc) is 2.34. The summed E-state index contributed by atoms with van der Waals surface area (Å²) in [6.45, 7) is 1.24. The molecular formula is C6H7O5S-. The molecular weight excluding hydrogens is 184 g/mol. The Morgan fingerprint density at radius 3 is 2.75 bits per heavy atom. The van der Waals surface area contributed by atoms with Gasteiger partial charge in [-0.05, 0) is 0 Å². The maximum absolute atomic E-state index is 10.4. The van der Waals surface area contributed by atoms with Crippen LogP contribution in [0.4, 0.5) is 0 Å². The van der Waals surface area contributed by atoms with Gasteiger partial charge in [0, 0.05) is 6.92 Å². The summed E-state index contributed by atoms with van der Waals surface area (Å²) < 4.78 is 9.41. The molecule has 0 aromatic rings. The summed E-state index contributed by atoms with van der Waals surface area (Å²) in [5.74, 6) is -1.45. The molecule has 0 spiro atoms. The van der Waals surface area contributed by atoms with Crippen LogP contribution in [-0.4, -0.2) is 29.4 Å². The van der Waals surface area contributed by atoms with Crippen molar-refractivity contribution in [2.45, 2.75) is 18.6 Å². The Hall–Kier alpha value is -0.750. The van der Waals surface area contributed by atoms with Gasteiger partial charge in [-0.3, -0.25) is 4.79 Å². The molecule has 1 heterocycles. The number of ether oxygens (including phenoxy) is 2. The molecule has 12 heavy (non-hydrogen) atoms. The third-order valence-corrected chi connectivity index (χ3v) is 2.22. The smallest absolute Gasteiger partial charge is 0.304 e. The van der Waals surface area contributed by atoms with E-state index in [0.717, 1.165) is 11.8 Å². The highest BCUT2D eigenvalue weighted by Gasteiger charge is 2.28. The maximum atomic E-state index is 10.4. The summed E-state index contributed by atoms with van der Waals surface area (Å²) in [7, 11) is 0. The molecule has 6 heteroatoms. The fourth-order valence-electron chi connectivity index (χ4n) is 0.753. The molecule has 1 saturated heterocycles. The van der Waals surface area contributed by atoms with Gasteiger partial charge in [-0.1, -0.05) is 0 Å². The summed E-state index contributed by atoms with van der Waals surface area (Å²) in [4.78, 5) is 20.6. The molecule has 68 valence electrons. The van der Waals surface area contributed by atoms with Crippen LogP contribution in [0, 0.1) is 0 Å². The van der Waals surface area contributed by atoms with Gasteiger partial charge in [-0.2, -0.15) is 0 Å². The zero-order chi connectivity index (χ0) is 9.14. The first-order valence-electron chi connectivity index (χ1n) is 3.24. The molecule has 1 fully saturated rings. The lowest BCUT2D eigenvalue weighted by Gasteiger charge is -2.12. The number of carbonyl (C=O) groups is 2. The molecule has 1 aliphatic heterocycles. The van der Waals surface area contributed by atoms with E-state index < -0.39 is 23.7 Å². The van der Waals surface area contributed by atoms with E-state index in [1.807, 2.05) is 0 Å². The molecule has 5 nitrogen and oxygen atoms in total.